The summed E-state index contributed by atoms with van der Waals surface area (Å²) in [5, 5.41) is 4.57. The number of para-hydroxylation sites is 1. The maximum atomic E-state index is 5.82. The van der Waals surface area contributed by atoms with Gasteiger partial charge in [-0.3, -0.25) is 0 Å². The van der Waals surface area contributed by atoms with Crippen LogP contribution in [0.3, 0.4) is 0 Å². The zero-order valence-corrected chi connectivity index (χ0v) is 12.7. The lowest BCUT2D eigenvalue weighted by atomic mass is 10.1. The second-order valence-corrected chi connectivity index (χ2v) is 5.50. The number of aryl methyl sites for hydroxylation is 1. The molecule has 0 atom stereocenters. The lowest BCUT2D eigenvalue weighted by Gasteiger charge is -2.17. The van der Waals surface area contributed by atoms with Gasteiger partial charge in [0.2, 0.25) is 0 Å². The van der Waals surface area contributed by atoms with Gasteiger partial charge in [-0.05, 0) is 36.8 Å². The van der Waals surface area contributed by atoms with Crippen molar-refractivity contribution in [2.24, 2.45) is 0 Å². The molecule has 0 unspecified atom stereocenters. The molecule has 21 heavy (non-hydrogen) atoms. The molecule has 3 aromatic rings. The Morgan fingerprint density at radius 3 is 2.62 bits per heavy atom. The van der Waals surface area contributed by atoms with Gasteiger partial charge in [0.15, 0.2) is 0 Å². The fourth-order valence-electron chi connectivity index (χ4n) is 2.51. The fourth-order valence-corrected chi connectivity index (χ4v) is 2.51. The van der Waals surface area contributed by atoms with Gasteiger partial charge < -0.3 is 14.6 Å². The molecular weight excluding hydrogens is 260 g/mol. The lowest BCUT2D eigenvalue weighted by Crippen LogP contribution is -2.10. The Balaban J connectivity index is 1.76. The zero-order chi connectivity index (χ0) is 14.8. The summed E-state index contributed by atoms with van der Waals surface area (Å²) in [4.78, 5) is 2.13. The summed E-state index contributed by atoms with van der Waals surface area (Å²) in [7, 11) is 4.12. The summed E-state index contributed by atoms with van der Waals surface area (Å²) in [6.07, 6.45) is 0. The number of hydrogen-bond acceptors (Lipinski definition) is 3. The van der Waals surface area contributed by atoms with E-state index >= 15 is 0 Å². The van der Waals surface area contributed by atoms with Crippen molar-refractivity contribution in [1.29, 1.82) is 0 Å². The van der Waals surface area contributed by atoms with E-state index in [-0.39, 0.29) is 0 Å². The Hall–Kier alpha value is -2.42. The van der Waals surface area contributed by atoms with Crippen LogP contribution in [0.25, 0.3) is 11.0 Å². The summed E-state index contributed by atoms with van der Waals surface area (Å²) in [5.74, 6) is 0.947. The summed E-state index contributed by atoms with van der Waals surface area (Å²) in [6.45, 7) is 2.81. The van der Waals surface area contributed by atoms with Gasteiger partial charge in [0, 0.05) is 30.9 Å². The van der Waals surface area contributed by atoms with Crippen molar-refractivity contribution in [2.75, 3.05) is 24.3 Å². The van der Waals surface area contributed by atoms with Crippen LogP contribution < -0.4 is 10.2 Å². The highest BCUT2D eigenvalue weighted by Crippen LogP contribution is 2.24. The van der Waals surface area contributed by atoms with Crippen LogP contribution >= 0.6 is 0 Å². The van der Waals surface area contributed by atoms with Crippen LogP contribution in [0.4, 0.5) is 11.4 Å². The number of furan rings is 1. The average Bonchev–Trinajstić information content (AvgIpc) is 2.89. The highest BCUT2D eigenvalue weighted by Gasteiger charge is 2.05. The third-order valence-electron chi connectivity index (χ3n) is 3.63. The Morgan fingerprint density at radius 2 is 1.86 bits per heavy atom. The van der Waals surface area contributed by atoms with Crippen LogP contribution in [0.15, 0.2) is 52.9 Å². The van der Waals surface area contributed by atoms with Crippen molar-refractivity contribution in [3.63, 3.8) is 0 Å². The Kier molecular flexibility index (Phi) is 3.57. The molecule has 0 amide bonds. The van der Waals surface area contributed by atoms with Gasteiger partial charge in [0.1, 0.15) is 11.3 Å². The predicted octanol–water partition coefficient (Wildman–Crippen LogP) is 4.42. The van der Waals surface area contributed by atoms with E-state index in [1.807, 2.05) is 18.2 Å². The molecule has 1 aromatic heterocycles. The number of anilines is 2. The normalized spacial score (nSPS) is 10.8. The van der Waals surface area contributed by atoms with Gasteiger partial charge in [0.05, 0.1) is 6.54 Å². The minimum Gasteiger partial charge on any atom is -0.459 e. The molecule has 3 heteroatoms. The molecular formula is C18H20N2O. The molecule has 0 bridgehead atoms. The van der Waals surface area contributed by atoms with Crippen LogP contribution in [-0.4, -0.2) is 14.1 Å². The molecule has 2 aromatic carbocycles. The zero-order valence-electron chi connectivity index (χ0n) is 12.7. The SMILES string of the molecule is Cc1ccc(NCc2cc3ccccc3o2)cc1N(C)C. The van der Waals surface area contributed by atoms with Crippen molar-refractivity contribution in [3.05, 3.63) is 59.9 Å². The van der Waals surface area contributed by atoms with E-state index in [2.05, 4.69) is 61.6 Å². The van der Waals surface area contributed by atoms with Crippen molar-refractivity contribution >= 4 is 22.3 Å². The molecule has 0 aliphatic carbocycles. The highest BCUT2D eigenvalue weighted by molar-refractivity contribution is 5.77. The number of nitrogens with one attached hydrogen (secondary N) is 1. The molecule has 0 aliphatic heterocycles. The number of nitrogens with zero attached hydrogens (tertiary/aromatic N) is 1. The van der Waals surface area contributed by atoms with E-state index < -0.39 is 0 Å². The summed E-state index contributed by atoms with van der Waals surface area (Å²) < 4.78 is 5.82. The first-order valence-electron chi connectivity index (χ1n) is 7.13. The average molecular weight is 280 g/mol. The molecule has 0 spiro atoms. The van der Waals surface area contributed by atoms with E-state index in [1.165, 1.54) is 11.3 Å². The van der Waals surface area contributed by atoms with E-state index in [0.717, 1.165) is 22.4 Å². The molecule has 3 rings (SSSR count). The van der Waals surface area contributed by atoms with Gasteiger partial charge in [-0.25, -0.2) is 0 Å². The molecule has 0 saturated carbocycles. The number of rotatable bonds is 4. The Morgan fingerprint density at radius 1 is 1.05 bits per heavy atom. The first-order chi connectivity index (χ1) is 10.1. The van der Waals surface area contributed by atoms with Crippen LogP contribution in [-0.2, 0) is 6.54 Å². The minimum absolute atomic E-state index is 0.685. The Bertz CT molecular complexity index is 726. The molecule has 0 saturated heterocycles. The molecule has 1 heterocycles. The molecule has 0 fully saturated rings. The molecule has 3 nitrogen and oxygen atoms in total. The van der Waals surface area contributed by atoms with Crippen molar-refractivity contribution in [3.8, 4) is 0 Å². The van der Waals surface area contributed by atoms with E-state index in [1.54, 1.807) is 0 Å². The van der Waals surface area contributed by atoms with Crippen molar-refractivity contribution in [2.45, 2.75) is 13.5 Å². The topological polar surface area (TPSA) is 28.4 Å². The standard InChI is InChI=1S/C18H20N2O/c1-13-8-9-15(11-17(13)20(2)3)19-12-16-10-14-6-4-5-7-18(14)21-16/h4-11,19H,12H2,1-3H3. The third kappa shape index (κ3) is 2.87. The lowest BCUT2D eigenvalue weighted by molar-refractivity contribution is 0.559. The highest BCUT2D eigenvalue weighted by atomic mass is 16.3. The van der Waals surface area contributed by atoms with Gasteiger partial charge >= 0.3 is 0 Å². The van der Waals surface area contributed by atoms with E-state index in [9.17, 15) is 0 Å². The quantitative estimate of drug-likeness (QED) is 0.767. The van der Waals surface area contributed by atoms with E-state index in [4.69, 9.17) is 4.42 Å². The summed E-state index contributed by atoms with van der Waals surface area (Å²) in [5.41, 5.74) is 4.54. The molecule has 108 valence electrons. The van der Waals surface area contributed by atoms with Crippen LogP contribution in [0.1, 0.15) is 11.3 Å². The molecule has 0 radical (unpaired) electrons. The Labute approximate surface area is 125 Å². The second-order valence-electron chi connectivity index (χ2n) is 5.50. The first-order valence-corrected chi connectivity index (χ1v) is 7.13. The van der Waals surface area contributed by atoms with Crippen LogP contribution in [0.2, 0.25) is 0 Å². The van der Waals surface area contributed by atoms with Gasteiger partial charge in [-0.1, -0.05) is 24.3 Å². The summed E-state index contributed by atoms with van der Waals surface area (Å²) in [6, 6.07) is 16.6. The maximum absolute atomic E-state index is 5.82. The van der Waals surface area contributed by atoms with Crippen molar-refractivity contribution < 1.29 is 4.42 Å². The predicted molar refractivity (Wildman–Crippen MR) is 89.0 cm³/mol. The number of fused-ring (bicyclic) bond motifs is 1. The van der Waals surface area contributed by atoms with Crippen molar-refractivity contribution in [1.82, 2.24) is 0 Å². The monoisotopic (exact) mass is 280 g/mol. The largest absolute Gasteiger partial charge is 0.459 e. The van der Waals surface area contributed by atoms with Crippen LogP contribution in [0.5, 0.6) is 0 Å². The van der Waals surface area contributed by atoms with Gasteiger partial charge in [-0.2, -0.15) is 0 Å². The van der Waals surface area contributed by atoms with Gasteiger partial charge in [0.25, 0.3) is 0 Å². The third-order valence-corrected chi connectivity index (χ3v) is 3.63. The fraction of sp³-hybridized carbons (Fsp3) is 0.222. The summed E-state index contributed by atoms with van der Waals surface area (Å²) >= 11 is 0. The minimum atomic E-state index is 0.685. The molecule has 1 N–H and O–H groups in total. The molecule has 0 aliphatic rings. The van der Waals surface area contributed by atoms with E-state index in [0.29, 0.717) is 6.54 Å². The van der Waals surface area contributed by atoms with Crippen LogP contribution in [0, 0.1) is 6.92 Å². The maximum Gasteiger partial charge on any atom is 0.134 e. The smallest absolute Gasteiger partial charge is 0.134 e. The van der Waals surface area contributed by atoms with Gasteiger partial charge in [-0.15, -0.1) is 0 Å². The second kappa shape index (κ2) is 5.52. The first kappa shape index (κ1) is 13.6. The number of benzene rings is 2. The number of hydrogen-bond donors (Lipinski definition) is 1.